The Morgan fingerprint density at radius 3 is 2.22 bits per heavy atom. The Hall–Kier alpha value is -0.770. The molecule has 1 atom stereocenters. The first-order chi connectivity index (χ1) is 10.5. The molecular formula is C19H38N2O2. The highest BCUT2D eigenvalue weighted by molar-refractivity contribution is 5.67. The molecule has 1 rings (SSSR count). The van der Waals surface area contributed by atoms with Crippen LogP contribution in [0.3, 0.4) is 0 Å². The van der Waals surface area contributed by atoms with Gasteiger partial charge in [-0.15, -0.1) is 0 Å². The molecule has 0 aliphatic heterocycles. The lowest BCUT2D eigenvalue weighted by molar-refractivity contribution is 0.0514. The molecule has 1 aliphatic rings. The molecule has 1 saturated carbocycles. The van der Waals surface area contributed by atoms with Crippen LogP contribution in [0.2, 0.25) is 0 Å². The summed E-state index contributed by atoms with van der Waals surface area (Å²) in [5.41, 5.74) is 0.0679. The number of amides is 1. The predicted molar refractivity (Wildman–Crippen MR) is 96.6 cm³/mol. The molecule has 4 heteroatoms. The maximum Gasteiger partial charge on any atom is 0.407 e. The van der Waals surface area contributed by atoms with E-state index < -0.39 is 5.60 Å². The molecule has 4 nitrogen and oxygen atoms in total. The fourth-order valence-electron chi connectivity index (χ4n) is 2.99. The largest absolute Gasteiger partial charge is 0.444 e. The van der Waals surface area contributed by atoms with Crippen molar-refractivity contribution < 1.29 is 9.53 Å². The molecule has 0 bridgehead atoms. The lowest BCUT2D eigenvalue weighted by atomic mass is 9.75. The number of carbonyl (C=O) groups is 1. The Balaban J connectivity index is 2.34. The summed E-state index contributed by atoms with van der Waals surface area (Å²) in [6, 6.07) is 0.630. The molecule has 0 spiro atoms. The number of hydrogen-bond acceptors (Lipinski definition) is 3. The second-order valence-electron chi connectivity index (χ2n) is 9.23. The van der Waals surface area contributed by atoms with Crippen LogP contribution in [0.5, 0.6) is 0 Å². The van der Waals surface area contributed by atoms with Crippen molar-refractivity contribution in [3.8, 4) is 0 Å². The first-order valence-electron chi connectivity index (χ1n) is 9.19. The van der Waals surface area contributed by atoms with Gasteiger partial charge in [0, 0.05) is 19.1 Å². The average molecular weight is 327 g/mol. The lowest BCUT2D eigenvalue weighted by Gasteiger charge is -2.35. The predicted octanol–water partition coefficient (Wildman–Crippen LogP) is 4.34. The zero-order valence-corrected chi connectivity index (χ0v) is 16.3. The molecule has 1 fully saturated rings. The van der Waals surface area contributed by atoms with E-state index in [1.165, 1.54) is 25.7 Å². The van der Waals surface area contributed by atoms with Gasteiger partial charge in [-0.3, -0.25) is 0 Å². The number of carbonyl (C=O) groups excluding carboxylic acids is 1. The molecule has 0 radical (unpaired) electrons. The molecule has 0 aromatic heterocycles. The topological polar surface area (TPSA) is 50.4 Å². The van der Waals surface area contributed by atoms with Gasteiger partial charge in [0.2, 0.25) is 0 Å². The van der Waals surface area contributed by atoms with E-state index in [0.29, 0.717) is 29.8 Å². The first kappa shape index (κ1) is 20.3. The summed E-state index contributed by atoms with van der Waals surface area (Å²) < 4.78 is 5.31. The van der Waals surface area contributed by atoms with Gasteiger partial charge < -0.3 is 15.4 Å². The van der Waals surface area contributed by atoms with Gasteiger partial charge in [0.25, 0.3) is 0 Å². The second kappa shape index (κ2) is 8.36. The number of alkyl carbamates (subject to hydrolysis) is 1. The van der Waals surface area contributed by atoms with Crippen LogP contribution in [-0.4, -0.2) is 30.8 Å². The van der Waals surface area contributed by atoms with Gasteiger partial charge in [-0.1, -0.05) is 27.7 Å². The van der Waals surface area contributed by atoms with E-state index in [-0.39, 0.29) is 6.09 Å². The minimum absolute atomic E-state index is 0.317. The highest BCUT2D eigenvalue weighted by Crippen LogP contribution is 2.35. The quantitative estimate of drug-likeness (QED) is 0.763. The van der Waals surface area contributed by atoms with Crippen LogP contribution in [0.1, 0.15) is 74.1 Å². The first-order valence-corrected chi connectivity index (χ1v) is 9.19. The summed E-state index contributed by atoms with van der Waals surface area (Å²) in [7, 11) is 0. The van der Waals surface area contributed by atoms with Crippen molar-refractivity contribution in [3.63, 3.8) is 0 Å². The van der Waals surface area contributed by atoms with E-state index >= 15 is 0 Å². The van der Waals surface area contributed by atoms with Gasteiger partial charge in [-0.05, 0) is 63.7 Å². The maximum atomic E-state index is 11.8. The van der Waals surface area contributed by atoms with E-state index in [1.807, 2.05) is 20.8 Å². The van der Waals surface area contributed by atoms with Crippen LogP contribution in [0, 0.1) is 17.3 Å². The summed E-state index contributed by atoms with van der Waals surface area (Å²) in [6.07, 6.45) is 4.80. The number of rotatable bonds is 6. The average Bonchev–Trinajstić information content (AvgIpc) is 2.37. The fourth-order valence-corrected chi connectivity index (χ4v) is 2.99. The molecule has 0 aromatic rings. The normalized spacial score (nSPS) is 20.3. The summed E-state index contributed by atoms with van der Waals surface area (Å²) in [5.74, 6) is 0.954. The molecule has 1 aliphatic carbocycles. The van der Waals surface area contributed by atoms with Crippen molar-refractivity contribution in [1.82, 2.24) is 10.6 Å². The Bertz CT molecular complexity index is 362. The van der Waals surface area contributed by atoms with Gasteiger partial charge in [-0.2, -0.15) is 0 Å². The van der Waals surface area contributed by atoms with E-state index in [4.69, 9.17) is 4.74 Å². The highest BCUT2D eigenvalue weighted by Gasteiger charge is 2.27. The Morgan fingerprint density at radius 2 is 1.74 bits per heavy atom. The van der Waals surface area contributed by atoms with Gasteiger partial charge in [-0.25, -0.2) is 4.79 Å². The minimum Gasteiger partial charge on any atom is -0.444 e. The maximum absolute atomic E-state index is 11.8. The third-order valence-corrected chi connectivity index (χ3v) is 4.86. The molecular weight excluding hydrogens is 288 g/mol. The van der Waals surface area contributed by atoms with Crippen LogP contribution in [0.15, 0.2) is 0 Å². The van der Waals surface area contributed by atoms with E-state index in [1.54, 1.807) is 0 Å². The van der Waals surface area contributed by atoms with Crippen molar-refractivity contribution in [2.45, 2.75) is 85.8 Å². The summed E-state index contributed by atoms with van der Waals surface area (Å²) in [6.45, 7) is 16.4. The number of ether oxygens (including phenoxy) is 1. The van der Waals surface area contributed by atoms with Crippen molar-refractivity contribution in [2.24, 2.45) is 17.3 Å². The molecule has 0 saturated heterocycles. The summed E-state index contributed by atoms with van der Waals surface area (Å²) in [4.78, 5) is 11.8. The SMILES string of the molecule is CC(C)C(CNC(=O)OC(C)(C)C)CNC1CCC(C)(C)CC1. The van der Waals surface area contributed by atoms with Gasteiger partial charge in [0.1, 0.15) is 5.60 Å². The van der Waals surface area contributed by atoms with Gasteiger partial charge in [0.15, 0.2) is 0 Å². The van der Waals surface area contributed by atoms with Crippen molar-refractivity contribution in [1.29, 1.82) is 0 Å². The third kappa shape index (κ3) is 8.59. The zero-order valence-electron chi connectivity index (χ0n) is 16.3. The molecule has 1 unspecified atom stereocenters. The summed E-state index contributed by atoms with van der Waals surface area (Å²) >= 11 is 0. The smallest absolute Gasteiger partial charge is 0.407 e. The molecule has 136 valence electrons. The van der Waals surface area contributed by atoms with Gasteiger partial charge >= 0.3 is 6.09 Å². The van der Waals surface area contributed by atoms with Crippen LogP contribution >= 0.6 is 0 Å². The van der Waals surface area contributed by atoms with Crippen LogP contribution < -0.4 is 10.6 Å². The molecule has 0 heterocycles. The number of nitrogens with one attached hydrogen (secondary N) is 2. The Morgan fingerprint density at radius 1 is 1.17 bits per heavy atom. The van der Waals surface area contributed by atoms with Crippen molar-refractivity contribution >= 4 is 6.09 Å². The second-order valence-corrected chi connectivity index (χ2v) is 9.23. The highest BCUT2D eigenvalue weighted by atomic mass is 16.6. The summed E-state index contributed by atoms with van der Waals surface area (Å²) in [5, 5.41) is 6.64. The fraction of sp³-hybridized carbons (Fsp3) is 0.947. The Labute approximate surface area is 143 Å². The van der Waals surface area contributed by atoms with Crippen molar-refractivity contribution in [2.75, 3.05) is 13.1 Å². The molecule has 23 heavy (non-hydrogen) atoms. The molecule has 1 amide bonds. The van der Waals surface area contributed by atoms with Gasteiger partial charge in [0.05, 0.1) is 0 Å². The zero-order chi connectivity index (χ0) is 17.7. The van der Waals surface area contributed by atoms with E-state index in [0.717, 1.165) is 6.54 Å². The van der Waals surface area contributed by atoms with Crippen LogP contribution in [0.4, 0.5) is 4.79 Å². The van der Waals surface area contributed by atoms with Crippen molar-refractivity contribution in [3.05, 3.63) is 0 Å². The molecule has 0 aromatic carbocycles. The Kier molecular flexibility index (Phi) is 7.37. The minimum atomic E-state index is -0.440. The van der Waals surface area contributed by atoms with E-state index in [2.05, 4.69) is 38.3 Å². The molecule has 2 N–H and O–H groups in total. The lowest BCUT2D eigenvalue weighted by Crippen LogP contribution is -2.43. The van der Waals surface area contributed by atoms with Crippen LogP contribution in [-0.2, 0) is 4.74 Å². The standard InChI is InChI=1S/C19H38N2O2/c1-14(2)15(13-21-17(22)23-18(3,4)5)12-20-16-8-10-19(6,7)11-9-16/h14-16,20H,8-13H2,1-7H3,(H,21,22). The third-order valence-electron chi connectivity index (χ3n) is 4.86. The monoisotopic (exact) mass is 326 g/mol. The van der Waals surface area contributed by atoms with E-state index in [9.17, 15) is 4.79 Å². The number of hydrogen-bond donors (Lipinski definition) is 2. The van der Waals surface area contributed by atoms with Crippen LogP contribution in [0.25, 0.3) is 0 Å².